The van der Waals surface area contributed by atoms with Crippen LogP contribution >= 0.6 is 15.9 Å². The van der Waals surface area contributed by atoms with Crippen LogP contribution in [0, 0.1) is 0 Å². The van der Waals surface area contributed by atoms with Gasteiger partial charge in [0.1, 0.15) is 23.9 Å². The lowest BCUT2D eigenvalue weighted by Gasteiger charge is -2.07. The van der Waals surface area contributed by atoms with Crippen molar-refractivity contribution in [3.8, 4) is 17.2 Å². The molecule has 0 aliphatic rings. The minimum atomic E-state index is -0.0937. The molecule has 0 fully saturated rings. The fourth-order valence-corrected chi connectivity index (χ4v) is 3.58. The lowest BCUT2D eigenvalue weighted by atomic mass is 10.1. The number of para-hydroxylation sites is 1. The van der Waals surface area contributed by atoms with Gasteiger partial charge in [-0.05, 0) is 70.5 Å². The molecule has 1 aromatic heterocycles. The summed E-state index contributed by atoms with van der Waals surface area (Å²) >= 11 is 3.56. The number of benzene rings is 3. The summed E-state index contributed by atoms with van der Waals surface area (Å²) in [5.74, 6) is 2.03. The molecule has 1 heterocycles. The number of aromatic nitrogens is 1. The fraction of sp³-hybridized carbons (Fsp3) is 0.0870. The third kappa shape index (κ3) is 4.18. The highest BCUT2D eigenvalue weighted by molar-refractivity contribution is 9.10. The average Bonchev–Trinajstić information content (AvgIpc) is 3.19. The van der Waals surface area contributed by atoms with Crippen molar-refractivity contribution in [2.24, 2.45) is 5.73 Å². The normalized spacial score (nSPS) is 10.8. The van der Waals surface area contributed by atoms with Gasteiger partial charge in [-0.15, -0.1) is 0 Å². The standard InChI is InChI=1S/C23H19BrN2O3/c24-22-18-14-20(26-19(18)10-11-21(22)28-13-12-25)23(27)15-6-8-17(9-7-15)29-16-4-2-1-3-5-16/h1-11,14,26H,12-13,25H2. The summed E-state index contributed by atoms with van der Waals surface area (Å²) in [4.78, 5) is 16.1. The van der Waals surface area contributed by atoms with Crippen molar-refractivity contribution in [2.45, 2.75) is 0 Å². The van der Waals surface area contributed by atoms with Crippen molar-refractivity contribution in [1.82, 2.24) is 4.98 Å². The maximum atomic E-state index is 12.9. The van der Waals surface area contributed by atoms with Crippen molar-refractivity contribution >= 4 is 32.6 Å². The van der Waals surface area contributed by atoms with Gasteiger partial charge in [-0.1, -0.05) is 18.2 Å². The Balaban J connectivity index is 1.56. The molecule has 4 aromatic rings. The first kappa shape index (κ1) is 19.2. The van der Waals surface area contributed by atoms with Crippen molar-refractivity contribution in [3.05, 3.63) is 88.5 Å². The highest BCUT2D eigenvalue weighted by atomic mass is 79.9. The number of ether oxygens (including phenoxy) is 2. The van der Waals surface area contributed by atoms with Gasteiger partial charge >= 0.3 is 0 Å². The Kier molecular flexibility index (Phi) is 5.64. The Morgan fingerprint density at radius 3 is 2.41 bits per heavy atom. The topological polar surface area (TPSA) is 77.3 Å². The number of H-pyrrole nitrogens is 1. The second-order valence-electron chi connectivity index (χ2n) is 6.43. The van der Waals surface area contributed by atoms with Gasteiger partial charge in [0.15, 0.2) is 0 Å². The Hall–Kier alpha value is -3.09. The first-order valence-corrected chi connectivity index (χ1v) is 9.97. The number of rotatable bonds is 7. The third-order valence-electron chi connectivity index (χ3n) is 4.42. The molecule has 0 saturated heterocycles. The van der Waals surface area contributed by atoms with Gasteiger partial charge in [-0.25, -0.2) is 0 Å². The molecule has 6 heteroatoms. The molecule has 0 aliphatic heterocycles. The number of carbonyl (C=O) groups excluding carboxylic acids is 1. The molecule has 29 heavy (non-hydrogen) atoms. The monoisotopic (exact) mass is 450 g/mol. The first-order valence-electron chi connectivity index (χ1n) is 9.17. The van der Waals surface area contributed by atoms with E-state index in [2.05, 4.69) is 20.9 Å². The maximum Gasteiger partial charge on any atom is 0.209 e. The molecule has 0 saturated carbocycles. The number of ketones is 1. The quantitative estimate of drug-likeness (QED) is 0.375. The smallest absolute Gasteiger partial charge is 0.209 e. The summed E-state index contributed by atoms with van der Waals surface area (Å²) in [5.41, 5.74) is 7.44. The Morgan fingerprint density at radius 2 is 1.69 bits per heavy atom. The van der Waals surface area contributed by atoms with Gasteiger partial charge in [0.05, 0.1) is 10.2 Å². The highest BCUT2D eigenvalue weighted by Gasteiger charge is 2.15. The number of hydrogen-bond acceptors (Lipinski definition) is 4. The molecule has 3 aromatic carbocycles. The Labute approximate surface area is 176 Å². The summed E-state index contributed by atoms with van der Waals surface area (Å²) in [6.07, 6.45) is 0. The molecule has 0 spiro atoms. The van der Waals surface area contributed by atoms with Crippen LogP contribution in [0.2, 0.25) is 0 Å². The van der Waals surface area contributed by atoms with Gasteiger partial charge in [0.2, 0.25) is 5.78 Å². The van der Waals surface area contributed by atoms with Crippen molar-refractivity contribution in [2.75, 3.05) is 13.2 Å². The number of fused-ring (bicyclic) bond motifs is 1. The zero-order valence-corrected chi connectivity index (χ0v) is 17.1. The summed E-state index contributed by atoms with van der Waals surface area (Å²) < 4.78 is 12.2. The van der Waals surface area contributed by atoms with E-state index in [4.69, 9.17) is 15.2 Å². The van der Waals surface area contributed by atoms with Crippen LogP contribution in [0.4, 0.5) is 0 Å². The SMILES string of the molecule is NCCOc1ccc2[nH]c(C(=O)c3ccc(Oc4ccccc4)cc3)cc2c1Br. The van der Waals surface area contributed by atoms with Crippen LogP contribution in [0.25, 0.3) is 10.9 Å². The van der Waals surface area contributed by atoms with Crippen LogP contribution < -0.4 is 15.2 Å². The van der Waals surface area contributed by atoms with Gasteiger partial charge < -0.3 is 20.2 Å². The zero-order chi connectivity index (χ0) is 20.2. The number of halogens is 1. The van der Waals surface area contributed by atoms with E-state index in [1.807, 2.05) is 48.5 Å². The summed E-state index contributed by atoms with van der Waals surface area (Å²) in [5, 5.41) is 0.881. The molecule has 5 nitrogen and oxygen atoms in total. The molecule has 0 aliphatic carbocycles. The predicted octanol–water partition coefficient (Wildman–Crippen LogP) is 5.29. The molecule has 0 amide bonds. The summed E-state index contributed by atoms with van der Waals surface area (Å²) in [6, 6.07) is 22.2. The molecule has 0 bridgehead atoms. The van der Waals surface area contributed by atoms with Crippen molar-refractivity contribution in [1.29, 1.82) is 0 Å². The van der Waals surface area contributed by atoms with Gasteiger partial charge in [0, 0.05) is 23.0 Å². The molecule has 146 valence electrons. The van der Waals surface area contributed by atoms with Crippen LogP contribution in [0.5, 0.6) is 17.2 Å². The zero-order valence-electron chi connectivity index (χ0n) is 15.5. The first-order chi connectivity index (χ1) is 14.2. The van der Waals surface area contributed by atoms with E-state index < -0.39 is 0 Å². The van der Waals surface area contributed by atoms with Crippen LogP contribution in [-0.2, 0) is 0 Å². The number of aromatic amines is 1. The van der Waals surface area contributed by atoms with E-state index in [1.165, 1.54) is 0 Å². The van der Waals surface area contributed by atoms with E-state index in [1.54, 1.807) is 24.3 Å². The molecular formula is C23H19BrN2O3. The van der Waals surface area contributed by atoms with Crippen LogP contribution in [0.3, 0.4) is 0 Å². The minimum Gasteiger partial charge on any atom is -0.491 e. The molecule has 4 rings (SSSR count). The highest BCUT2D eigenvalue weighted by Crippen LogP contribution is 2.34. The number of hydrogen-bond donors (Lipinski definition) is 2. The number of nitrogens with two attached hydrogens (primary N) is 1. The Bertz CT molecular complexity index is 1140. The number of nitrogens with one attached hydrogen (secondary N) is 1. The van der Waals surface area contributed by atoms with Crippen LogP contribution in [-0.4, -0.2) is 23.9 Å². The summed E-state index contributed by atoms with van der Waals surface area (Å²) in [6.45, 7) is 0.864. The average molecular weight is 451 g/mol. The Morgan fingerprint density at radius 1 is 0.966 bits per heavy atom. The van der Waals surface area contributed by atoms with Crippen molar-refractivity contribution < 1.29 is 14.3 Å². The predicted molar refractivity (Wildman–Crippen MR) is 117 cm³/mol. The molecule has 3 N–H and O–H groups in total. The van der Waals surface area contributed by atoms with Gasteiger partial charge in [0.25, 0.3) is 0 Å². The lowest BCUT2D eigenvalue weighted by molar-refractivity contribution is 0.103. The fourth-order valence-electron chi connectivity index (χ4n) is 3.01. The van der Waals surface area contributed by atoms with E-state index in [0.29, 0.717) is 35.9 Å². The second kappa shape index (κ2) is 8.51. The molecular weight excluding hydrogens is 432 g/mol. The molecule has 0 radical (unpaired) electrons. The van der Waals surface area contributed by atoms with E-state index in [0.717, 1.165) is 21.1 Å². The minimum absolute atomic E-state index is 0.0937. The largest absolute Gasteiger partial charge is 0.491 e. The van der Waals surface area contributed by atoms with Crippen molar-refractivity contribution in [3.63, 3.8) is 0 Å². The van der Waals surface area contributed by atoms with E-state index >= 15 is 0 Å². The van der Waals surface area contributed by atoms with Gasteiger partial charge in [-0.3, -0.25) is 4.79 Å². The van der Waals surface area contributed by atoms with E-state index in [9.17, 15) is 4.79 Å². The van der Waals surface area contributed by atoms with E-state index in [-0.39, 0.29) is 5.78 Å². The lowest BCUT2D eigenvalue weighted by Crippen LogP contribution is -2.10. The summed E-state index contributed by atoms with van der Waals surface area (Å²) in [7, 11) is 0. The molecule has 0 atom stereocenters. The second-order valence-corrected chi connectivity index (χ2v) is 7.22. The van der Waals surface area contributed by atoms with Gasteiger partial charge in [-0.2, -0.15) is 0 Å². The van der Waals surface area contributed by atoms with Crippen LogP contribution in [0.15, 0.2) is 77.3 Å². The third-order valence-corrected chi connectivity index (χ3v) is 5.24. The van der Waals surface area contributed by atoms with Crippen LogP contribution in [0.1, 0.15) is 16.1 Å². The molecule has 0 unspecified atom stereocenters. The number of carbonyl (C=O) groups is 1. The maximum absolute atomic E-state index is 12.9.